The predicted molar refractivity (Wildman–Crippen MR) is 70.5 cm³/mol. The van der Waals surface area contributed by atoms with E-state index in [1.165, 1.54) is 0 Å². The Morgan fingerprint density at radius 1 is 1.39 bits per heavy atom. The lowest BCUT2D eigenvalue weighted by molar-refractivity contribution is 0.0907. The van der Waals surface area contributed by atoms with Crippen LogP contribution in [0.5, 0.6) is 0 Å². The van der Waals surface area contributed by atoms with E-state index in [0.29, 0.717) is 10.7 Å². The summed E-state index contributed by atoms with van der Waals surface area (Å²) in [6, 6.07) is 9.07. The molecule has 0 fully saturated rings. The summed E-state index contributed by atoms with van der Waals surface area (Å²) >= 11 is 5.96. The standard InChI is InChI=1S/C13H14ClN3O/c1-13(2,9-4-3-5-10(14)8-9)16-12(18)11-6-7-15-17-11/h3-8H,1-2H3,(H,15,17)(H,16,18). The average molecular weight is 264 g/mol. The molecule has 2 rings (SSSR count). The molecule has 2 N–H and O–H groups in total. The fourth-order valence-electron chi connectivity index (χ4n) is 1.68. The minimum Gasteiger partial charge on any atom is -0.342 e. The fourth-order valence-corrected chi connectivity index (χ4v) is 1.87. The van der Waals surface area contributed by atoms with Gasteiger partial charge in [0.1, 0.15) is 5.69 Å². The molecule has 0 atom stereocenters. The Morgan fingerprint density at radius 3 is 2.78 bits per heavy atom. The van der Waals surface area contributed by atoms with Gasteiger partial charge in [0.25, 0.3) is 5.91 Å². The van der Waals surface area contributed by atoms with Crippen molar-refractivity contribution in [2.45, 2.75) is 19.4 Å². The van der Waals surface area contributed by atoms with Crippen molar-refractivity contribution in [2.24, 2.45) is 0 Å². The first-order valence-electron chi connectivity index (χ1n) is 5.57. The molecule has 0 spiro atoms. The van der Waals surface area contributed by atoms with Gasteiger partial charge in [-0.3, -0.25) is 9.89 Å². The van der Waals surface area contributed by atoms with E-state index in [0.717, 1.165) is 5.56 Å². The van der Waals surface area contributed by atoms with Crippen LogP contribution >= 0.6 is 11.6 Å². The second-order valence-electron chi connectivity index (χ2n) is 4.56. The van der Waals surface area contributed by atoms with Crippen LogP contribution in [-0.4, -0.2) is 16.1 Å². The largest absolute Gasteiger partial charge is 0.342 e. The van der Waals surface area contributed by atoms with E-state index in [2.05, 4.69) is 15.5 Å². The maximum atomic E-state index is 12.0. The topological polar surface area (TPSA) is 57.8 Å². The molecular weight excluding hydrogens is 250 g/mol. The lowest BCUT2D eigenvalue weighted by Crippen LogP contribution is -2.41. The van der Waals surface area contributed by atoms with Crippen LogP contribution in [0.4, 0.5) is 0 Å². The van der Waals surface area contributed by atoms with Crippen LogP contribution in [0.25, 0.3) is 0 Å². The number of amides is 1. The highest BCUT2D eigenvalue weighted by Gasteiger charge is 2.24. The molecule has 0 aliphatic heterocycles. The highest BCUT2D eigenvalue weighted by atomic mass is 35.5. The van der Waals surface area contributed by atoms with Crippen molar-refractivity contribution in [1.29, 1.82) is 0 Å². The van der Waals surface area contributed by atoms with Crippen LogP contribution in [-0.2, 0) is 5.54 Å². The summed E-state index contributed by atoms with van der Waals surface area (Å²) in [5.41, 5.74) is 0.876. The van der Waals surface area contributed by atoms with Crippen molar-refractivity contribution in [3.05, 3.63) is 52.8 Å². The lowest BCUT2D eigenvalue weighted by atomic mass is 9.94. The molecule has 0 radical (unpaired) electrons. The molecule has 4 nitrogen and oxygen atoms in total. The van der Waals surface area contributed by atoms with Gasteiger partial charge in [-0.25, -0.2) is 0 Å². The molecule has 0 unspecified atom stereocenters. The molecule has 2 aromatic rings. The summed E-state index contributed by atoms with van der Waals surface area (Å²) in [6.45, 7) is 3.85. The lowest BCUT2D eigenvalue weighted by Gasteiger charge is -2.26. The zero-order valence-electron chi connectivity index (χ0n) is 10.2. The first-order chi connectivity index (χ1) is 8.49. The van der Waals surface area contributed by atoms with Gasteiger partial charge >= 0.3 is 0 Å². The van der Waals surface area contributed by atoms with Gasteiger partial charge in [0.15, 0.2) is 0 Å². The number of hydrogen-bond acceptors (Lipinski definition) is 2. The molecule has 1 heterocycles. The van der Waals surface area contributed by atoms with Crippen LogP contribution in [0.15, 0.2) is 36.5 Å². The molecule has 0 saturated carbocycles. The Bertz CT molecular complexity index is 549. The van der Waals surface area contributed by atoms with E-state index in [4.69, 9.17) is 11.6 Å². The number of nitrogens with one attached hydrogen (secondary N) is 2. The first kappa shape index (κ1) is 12.6. The van der Waals surface area contributed by atoms with Crippen LogP contribution < -0.4 is 5.32 Å². The number of rotatable bonds is 3. The minimum atomic E-state index is -0.507. The normalized spacial score (nSPS) is 11.3. The van der Waals surface area contributed by atoms with Gasteiger partial charge in [-0.1, -0.05) is 23.7 Å². The van der Waals surface area contributed by atoms with E-state index >= 15 is 0 Å². The van der Waals surface area contributed by atoms with Gasteiger partial charge in [0.2, 0.25) is 0 Å². The zero-order valence-corrected chi connectivity index (χ0v) is 11.0. The number of carbonyl (C=O) groups is 1. The van der Waals surface area contributed by atoms with Gasteiger partial charge in [-0.2, -0.15) is 5.10 Å². The number of H-pyrrole nitrogens is 1. The first-order valence-corrected chi connectivity index (χ1v) is 5.95. The summed E-state index contributed by atoms with van der Waals surface area (Å²) in [6.07, 6.45) is 1.54. The SMILES string of the molecule is CC(C)(NC(=O)c1ccn[nH]1)c1cccc(Cl)c1. The minimum absolute atomic E-state index is 0.197. The molecule has 94 valence electrons. The van der Waals surface area contributed by atoms with Gasteiger partial charge in [0, 0.05) is 11.2 Å². The molecule has 0 aliphatic rings. The van der Waals surface area contributed by atoms with Crippen LogP contribution in [0, 0.1) is 0 Å². The number of aromatic nitrogens is 2. The second kappa shape index (κ2) is 4.82. The predicted octanol–water partition coefficient (Wildman–Crippen LogP) is 2.73. The molecule has 0 aliphatic carbocycles. The van der Waals surface area contributed by atoms with E-state index in [1.54, 1.807) is 18.3 Å². The molecule has 18 heavy (non-hydrogen) atoms. The number of aromatic amines is 1. The maximum Gasteiger partial charge on any atom is 0.269 e. The number of carbonyl (C=O) groups excluding carboxylic acids is 1. The third-order valence-corrected chi connectivity index (χ3v) is 2.95. The van der Waals surface area contributed by atoms with Gasteiger partial charge in [0.05, 0.1) is 5.54 Å². The summed E-state index contributed by atoms with van der Waals surface area (Å²) in [5, 5.41) is 9.97. The summed E-state index contributed by atoms with van der Waals surface area (Å²) in [7, 11) is 0. The Kier molecular flexibility index (Phi) is 3.39. The third kappa shape index (κ3) is 2.71. The maximum absolute atomic E-state index is 12.0. The van der Waals surface area contributed by atoms with E-state index in [9.17, 15) is 4.79 Å². The Morgan fingerprint density at radius 2 is 2.17 bits per heavy atom. The fraction of sp³-hybridized carbons (Fsp3) is 0.231. The number of halogens is 1. The molecule has 5 heteroatoms. The number of hydrogen-bond donors (Lipinski definition) is 2. The quantitative estimate of drug-likeness (QED) is 0.895. The molecule has 0 saturated heterocycles. The molecule has 1 amide bonds. The van der Waals surface area contributed by atoms with E-state index in [-0.39, 0.29) is 5.91 Å². The van der Waals surface area contributed by atoms with Crippen molar-refractivity contribution in [2.75, 3.05) is 0 Å². The van der Waals surface area contributed by atoms with Gasteiger partial charge in [-0.15, -0.1) is 0 Å². The highest BCUT2D eigenvalue weighted by molar-refractivity contribution is 6.30. The molecular formula is C13H14ClN3O. The van der Waals surface area contributed by atoms with Crippen molar-refractivity contribution in [1.82, 2.24) is 15.5 Å². The van der Waals surface area contributed by atoms with Crippen LogP contribution in [0.2, 0.25) is 5.02 Å². The van der Waals surface area contributed by atoms with Crippen LogP contribution in [0.1, 0.15) is 29.9 Å². The van der Waals surface area contributed by atoms with Crippen LogP contribution in [0.3, 0.4) is 0 Å². The molecule has 1 aromatic heterocycles. The number of nitrogens with zero attached hydrogens (tertiary/aromatic N) is 1. The van der Waals surface area contributed by atoms with Crippen molar-refractivity contribution >= 4 is 17.5 Å². The van der Waals surface area contributed by atoms with Gasteiger partial charge in [-0.05, 0) is 37.6 Å². The Hall–Kier alpha value is -1.81. The monoisotopic (exact) mass is 263 g/mol. The van der Waals surface area contributed by atoms with E-state index in [1.807, 2.05) is 32.0 Å². The van der Waals surface area contributed by atoms with Crippen molar-refractivity contribution in [3.63, 3.8) is 0 Å². The number of benzene rings is 1. The Balaban J connectivity index is 2.19. The average Bonchev–Trinajstić information content (AvgIpc) is 2.82. The highest BCUT2D eigenvalue weighted by Crippen LogP contribution is 2.23. The van der Waals surface area contributed by atoms with Crippen molar-refractivity contribution < 1.29 is 4.79 Å². The molecule has 0 bridgehead atoms. The van der Waals surface area contributed by atoms with Gasteiger partial charge < -0.3 is 5.32 Å². The summed E-state index contributed by atoms with van der Waals surface area (Å²) in [4.78, 5) is 12.0. The summed E-state index contributed by atoms with van der Waals surface area (Å²) in [5.74, 6) is -0.197. The summed E-state index contributed by atoms with van der Waals surface area (Å²) < 4.78 is 0. The zero-order chi connectivity index (χ0) is 13.2. The van der Waals surface area contributed by atoms with E-state index < -0.39 is 5.54 Å². The molecule has 1 aromatic carbocycles. The van der Waals surface area contributed by atoms with Crippen molar-refractivity contribution in [3.8, 4) is 0 Å². The second-order valence-corrected chi connectivity index (χ2v) is 5.00. The Labute approximate surface area is 110 Å². The third-order valence-electron chi connectivity index (χ3n) is 2.72. The smallest absolute Gasteiger partial charge is 0.269 e.